The fraction of sp³-hybridized carbons (Fsp3) is 0.200. The van der Waals surface area contributed by atoms with Crippen molar-refractivity contribution in [3.63, 3.8) is 0 Å². The third-order valence-corrected chi connectivity index (χ3v) is 3.42. The van der Waals surface area contributed by atoms with Crippen LogP contribution in [0.15, 0.2) is 22.7 Å². The second-order valence-electron chi connectivity index (χ2n) is 3.12. The van der Waals surface area contributed by atoms with E-state index in [1.807, 2.05) is 32.0 Å². The molecule has 2 aromatic rings. The monoisotopic (exact) mass is 284 g/mol. The second-order valence-corrected chi connectivity index (χ2v) is 4.69. The van der Waals surface area contributed by atoms with Crippen LogP contribution in [0.3, 0.4) is 0 Å². The highest BCUT2D eigenvalue weighted by atomic mass is 79.9. The lowest BCUT2D eigenvalue weighted by Crippen LogP contribution is -1.85. The fourth-order valence-corrected chi connectivity index (χ4v) is 1.91. The summed E-state index contributed by atoms with van der Waals surface area (Å²) in [6.45, 7) is 3.86. The molecule has 0 spiro atoms. The van der Waals surface area contributed by atoms with Crippen LogP contribution in [0, 0.1) is 13.8 Å². The van der Waals surface area contributed by atoms with Crippen LogP contribution in [-0.4, -0.2) is 9.36 Å². The van der Waals surface area contributed by atoms with Gasteiger partial charge in [0.15, 0.2) is 0 Å². The van der Waals surface area contributed by atoms with Gasteiger partial charge in [-0.2, -0.15) is 9.36 Å². The molecule has 1 aromatic heterocycles. The van der Waals surface area contributed by atoms with Gasteiger partial charge in [-0.25, -0.2) is 0 Å². The third kappa shape index (κ3) is 2.54. The average Bonchev–Trinajstić information content (AvgIpc) is 2.58. The van der Waals surface area contributed by atoms with Crippen molar-refractivity contribution in [1.29, 1.82) is 0 Å². The standard InChI is InChI=1S/C10H9BrN2OS/c1-6-5-8(3-4-9(6)11)14-10-12-7(2)13-15-10/h3-5H,1-2H3. The summed E-state index contributed by atoms with van der Waals surface area (Å²) in [5.41, 5.74) is 1.13. The summed E-state index contributed by atoms with van der Waals surface area (Å²) in [5, 5.41) is 0.578. The lowest BCUT2D eigenvalue weighted by molar-refractivity contribution is 0.477. The van der Waals surface area contributed by atoms with Crippen molar-refractivity contribution < 1.29 is 4.74 Å². The molecular weight excluding hydrogens is 276 g/mol. The molecule has 0 fully saturated rings. The molecule has 0 saturated carbocycles. The van der Waals surface area contributed by atoms with Gasteiger partial charge in [0.05, 0.1) is 0 Å². The van der Waals surface area contributed by atoms with Crippen molar-refractivity contribution >= 4 is 27.5 Å². The molecule has 15 heavy (non-hydrogen) atoms. The molecule has 78 valence electrons. The van der Waals surface area contributed by atoms with Crippen LogP contribution >= 0.6 is 27.5 Å². The zero-order valence-electron chi connectivity index (χ0n) is 8.32. The van der Waals surface area contributed by atoms with Crippen molar-refractivity contribution in [3.05, 3.63) is 34.1 Å². The van der Waals surface area contributed by atoms with Crippen molar-refractivity contribution in [2.75, 3.05) is 0 Å². The first-order valence-electron chi connectivity index (χ1n) is 4.39. The molecule has 3 nitrogen and oxygen atoms in total. The zero-order valence-corrected chi connectivity index (χ0v) is 10.7. The highest BCUT2D eigenvalue weighted by molar-refractivity contribution is 9.10. The van der Waals surface area contributed by atoms with Gasteiger partial charge in [-0.05, 0) is 37.6 Å². The summed E-state index contributed by atoms with van der Waals surface area (Å²) in [6.07, 6.45) is 0. The Morgan fingerprint density at radius 3 is 2.73 bits per heavy atom. The zero-order chi connectivity index (χ0) is 10.8. The molecular formula is C10H9BrN2OS. The Morgan fingerprint density at radius 2 is 2.13 bits per heavy atom. The van der Waals surface area contributed by atoms with Crippen molar-refractivity contribution in [2.45, 2.75) is 13.8 Å². The van der Waals surface area contributed by atoms with E-state index >= 15 is 0 Å². The van der Waals surface area contributed by atoms with E-state index in [9.17, 15) is 0 Å². The van der Waals surface area contributed by atoms with Gasteiger partial charge in [-0.15, -0.1) is 0 Å². The first-order valence-corrected chi connectivity index (χ1v) is 5.96. The fourth-order valence-electron chi connectivity index (χ4n) is 1.10. The predicted octanol–water partition coefficient (Wildman–Crippen LogP) is 3.71. The van der Waals surface area contributed by atoms with Crippen molar-refractivity contribution in [3.8, 4) is 10.9 Å². The Bertz CT molecular complexity index is 484. The predicted molar refractivity (Wildman–Crippen MR) is 63.6 cm³/mol. The number of hydrogen-bond donors (Lipinski definition) is 0. The van der Waals surface area contributed by atoms with Crippen LogP contribution in [0.5, 0.6) is 10.9 Å². The number of ether oxygens (including phenoxy) is 1. The first kappa shape index (κ1) is 10.6. The molecule has 0 saturated heterocycles. The molecule has 0 N–H and O–H groups in total. The normalized spacial score (nSPS) is 10.3. The Kier molecular flexibility index (Phi) is 3.02. The molecule has 0 aliphatic rings. The van der Waals surface area contributed by atoms with Crippen LogP contribution in [-0.2, 0) is 0 Å². The number of nitrogens with zero attached hydrogens (tertiary/aromatic N) is 2. The first-order chi connectivity index (χ1) is 7.15. The van der Waals surface area contributed by atoms with E-state index in [4.69, 9.17) is 4.74 Å². The second kappa shape index (κ2) is 4.28. The maximum Gasteiger partial charge on any atom is 0.298 e. The summed E-state index contributed by atoms with van der Waals surface area (Å²) in [5.74, 6) is 1.52. The third-order valence-electron chi connectivity index (χ3n) is 1.84. The summed E-state index contributed by atoms with van der Waals surface area (Å²) in [7, 11) is 0. The van der Waals surface area contributed by atoms with E-state index in [-0.39, 0.29) is 0 Å². The lowest BCUT2D eigenvalue weighted by Gasteiger charge is -2.03. The maximum atomic E-state index is 5.56. The van der Waals surface area contributed by atoms with E-state index < -0.39 is 0 Å². The van der Waals surface area contributed by atoms with Gasteiger partial charge in [0.2, 0.25) is 0 Å². The summed E-state index contributed by atoms with van der Waals surface area (Å²) in [6, 6.07) is 5.81. The summed E-state index contributed by atoms with van der Waals surface area (Å²) < 4.78 is 10.7. The number of benzene rings is 1. The number of hydrogen-bond acceptors (Lipinski definition) is 4. The van der Waals surface area contributed by atoms with E-state index in [0.29, 0.717) is 5.19 Å². The molecule has 0 atom stereocenters. The van der Waals surface area contributed by atoms with E-state index in [2.05, 4.69) is 25.3 Å². The van der Waals surface area contributed by atoms with Gasteiger partial charge < -0.3 is 4.74 Å². The minimum absolute atomic E-state index is 0.578. The van der Waals surface area contributed by atoms with Gasteiger partial charge in [0.25, 0.3) is 5.19 Å². The van der Waals surface area contributed by atoms with Crippen LogP contribution in [0.4, 0.5) is 0 Å². The molecule has 0 amide bonds. The van der Waals surface area contributed by atoms with E-state index in [0.717, 1.165) is 21.6 Å². The molecule has 0 bridgehead atoms. The van der Waals surface area contributed by atoms with Gasteiger partial charge in [-0.1, -0.05) is 15.9 Å². The smallest absolute Gasteiger partial charge is 0.298 e. The molecule has 0 aliphatic heterocycles. The maximum absolute atomic E-state index is 5.56. The van der Waals surface area contributed by atoms with E-state index in [1.165, 1.54) is 11.5 Å². The number of rotatable bonds is 2. The van der Waals surface area contributed by atoms with Crippen LogP contribution < -0.4 is 4.74 Å². The largest absolute Gasteiger partial charge is 0.430 e. The SMILES string of the molecule is Cc1nsc(Oc2ccc(Br)c(C)c2)n1. The molecule has 1 aromatic carbocycles. The Morgan fingerprint density at radius 1 is 1.33 bits per heavy atom. The summed E-state index contributed by atoms with van der Waals surface area (Å²) >= 11 is 4.70. The molecule has 5 heteroatoms. The lowest BCUT2D eigenvalue weighted by atomic mass is 10.2. The molecule has 0 unspecified atom stereocenters. The minimum Gasteiger partial charge on any atom is -0.430 e. The highest BCUT2D eigenvalue weighted by Crippen LogP contribution is 2.26. The van der Waals surface area contributed by atoms with Crippen LogP contribution in [0.2, 0.25) is 0 Å². The highest BCUT2D eigenvalue weighted by Gasteiger charge is 2.04. The molecule has 1 heterocycles. The topological polar surface area (TPSA) is 35.0 Å². The average molecular weight is 285 g/mol. The molecule has 0 aliphatic carbocycles. The van der Waals surface area contributed by atoms with Gasteiger partial charge in [-0.3, -0.25) is 0 Å². The van der Waals surface area contributed by atoms with Crippen molar-refractivity contribution in [2.24, 2.45) is 0 Å². The van der Waals surface area contributed by atoms with E-state index in [1.54, 1.807) is 0 Å². The van der Waals surface area contributed by atoms with Crippen LogP contribution in [0.25, 0.3) is 0 Å². The van der Waals surface area contributed by atoms with Crippen LogP contribution in [0.1, 0.15) is 11.4 Å². The number of halogens is 1. The summed E-state index contributed by atoms with van der Waals surface area (Å²) in [4.78, 5) is 4.13. The van der Waals surface area contributed by atoms with Crippen molar-refractivity contribution in [1.82, 2.24) is 9.36 Å². The van der Waals surface area contributed by atoms with Gasteiger partial charge in [0.1, 0.15) is 11.6 Å². The molecule has 2 rings (SSSR count). The quantitative estimate of drug-likeness (QED) is 0.843. The van der Waals surface area contributed by atoms with Gasteiger partial charge >= 0.3 is 0 Å². The molecule has 0 radical (unpaired) electrons. The Hall–Kier alpha value is -0.940. The number of aromatic nitrogens is 2. The minimum atomic E-state index is 0.578. The Labute approximate surface area is 100 Å². The van der Waals surface area contributed by atoms with Gasteiger partial charge in [0, 0.05) is 16.0 Å². The Balaban J connectivity index is 2.21. The number of aryl methyl sites for hydroxylation is 2.